The maximum atomic E-state index is 14.5. The van der Waals surface area contributed by atoms with Crippen molar-refractivity contribution in [1.29, 1.82) is 0 Å². The number of hydrogen-bond acceptors (Lipinski definition) is 5. The largest absolute Gasteiger partial charge is 0.380 e. The van der Waals surface area contributed by atoms with E-state index in [1.54, 1.807) is 29.2 Å². The Kier molecular flexibility index (Phi) is 6.62. The minimum atomic E-state index is -0.542. The summed E-state index contributed by atoms with van der Waals surface area (Å²) >= 11 is 0. The van der Waals surface area contributed by atoms with Gasteiger partial charge >= 0.3 is 0 Å². The number of hydrogen-bond donors (Lipinski definition) is 2. The van der Waals surface area contributed by atoms with Crippen molar-refractivity contribution in [1.82, 2.24) is 20.4 Å². The van der Waals surface area contributed by atoms with Crippen LogP contribution in [0.5, 0.6) is 0 Å². The molecule has 168 valence electrons. The lowest BCUT2D eigenvalue weighted by Crippen LogP contribution is -2.61. The van der Waals surface area contributed by atoms with Gasteiger partial charge in [-0.15, -0.1) is 0 Å². The molecule has 0 radical (unpaired) electrons. The third-order valence-electron chi connectivity index (χ3n) is 5.67. The molecule has 1 aliphatic heterocycles. The Bertz CT molecular complexity index is 1170. The smallest absolute Gasteiger partial charge is 0.272 e. The normalized spacial score (nSPS) is 15.0. The average Bonchev–Trinajstić information content (AvgIpc) is 2.77. The Hall–Kier alpha value is -3.10. The fraction of sp³-hybridized carbons (Fsp3) is 0.375. The van der Waals surface area contributed by atoms with Gasteiger partial charge in [0.1, 0.15) is 5.82 Å². The summed E-state index contributed by atoms with van der Waals surface area (Å²) in [5.41, 5.74) is 1.22. The molecule has 3 aromatic rings. The van der Waals surface area contributed by atoms with Crippen LogP contribution in [0.3, 0.4) is 0 Å². The van der Waals surface area contributed by atoms with Crippen LogP contribution < -0.4 is 10.9 Å². The molecular formula is C24H27FN4O3. The highest BCUT2D eigenvalue weighted by molar-refractivity contribution is 5.95. The number of nitrogens with one attached hydrogen (secondary N) is 2. The number of aromatic amines is 1. The van der Waals surface area contributed by atoms with Crippen molar-refractivity contribution >= 4 is 16.7 Å². The molecule has 1 amide bonds. The van der Waals surface area contributed by atoms with E-state index < -0.39 is 5.82 Å². The molecule has 7 nitrogen and oxygen atoms in total. The number of rotatable bonds is 8. The molecule has 0 saturated carbocycles. The molecule has 0 aliphatic carbocycles. The number of likely N-dealkylation sites (tertiary alicyclic amines) is 1. The Labute approximate surface area is 185 Å². The maximum absolute atomic E-state index is 14.5. The van der Waals surface area contributed by atoms with Gasteiger partial charge in [0, 0.05) is 43.6 Å². The van der Waals surface area contributed by atoms with Crippen LogP contribution in [-0.2, 0) is 11.2 Å². The molecule has 1 aromatic heterocycles. The average molecular weight is 439 g/mol. The zero-order chi connectivity index (χ0) is 22.7. The number of carbonyl (C=O) groups excluding carboxylic acids is 1. The number of H-pyrrole nitrogens is 1. The van der Waals surface area contributed by atoms with Crippen molar-refractivity contribution in [3.63, 3.8) is 0 Å². The summed E-state index contributed by atoms with van der Waals surface area (Å²) in [6.07, 6.45) is 0.372. The van der Waals surface area contributed by atoms with Crippen LogP contribution in [-0.4, -0.2) is 59.4 Å². The van der Waals surface area contributed by atoms with E-state index in [2.05, 4.69) is 15.5 Å². The monoisotopic (exact) mass is 438 g/mol. The first-order chi connectivity index (χ1) is 15.5. The number of aromatic nitrogens is 2. The zero-order valence-corrected chi connectivity index (χ0v) is 18.2. The highest BCUT2D eigenvalue weighted by Crippen LogP contribution is 2.21. The quantitative estimate of drug-likeness (QED) is 0.564. The molecule has 1 fully saturated rings. The minimum Gasteiger partial charge on any atom is -0.380 e. The van der Waals surface area contributed by atoms with E-state index in [-0.39, 0.29) is 29.1 Å². The van der Waals surface area contributed by atoms with Crippen LogP contribution in [0.1, 0.15) is 35.5 Å². The first-order valence-corrected chi connectivity index (χ1v) is 10.8. The SMILES string of the molecule is CCOCC(C)NC1CN(C(=O)c2cc(Cc3n[nH]c(=O)c4ccccc34)ccc2F)C1. The maximum Gasteiger partial charge on any atom is 0.272 e. The predicted octanol–water partition coefficient (Wildman–Crippen LogP) is 2.49. The predicted molar refractivity (Wildman–Crippen MR) is 120 cm³/mol. The molecule has 4 rings (SSSR count). The molecule has 1 saturated heterocycles. The molecule has 32 heavy (non-hydrogen) atoms. The molecule has 2 aromatic carbocycles. The molecule has 8 heteroatoms. The van der Waals surface area contributed by atoms with Crippen molar-refractivity contribution in [2.45, 2.75) is 32.4 Å². The second kappa shape index (κ2) is 9.58. The van der Waals surface area contributed by atoms with Crippen LogP contribution in [0.2, 0.25) is 0 Å². The third-order valence-corrected chi connectivity index (χ3v) is 5.67. The summed E-state index contributed by atoms with van der Waals surface area (Å²) in [4.78, 5) is 26.5. The fourth-order valence-corrected chi connectivity index (χ4v) is 4.01. The van der Waals surface area contributed by atoms with Gasteiger partial charge in [-0.3, -0.25) is 9.59 Å². The fourth-order valence-electron chi connectivity index (χ4n) is 4.01. The minimum absolute atomic E-state index is 0.0528. The van der Waals surface area contributed by atoms with E-state index in [0.717, 1.165) is 10.9 Å². The standard InChI is InChI=1S/C24H27FN4O3/c1-3-32-14-15(2)26-17-12-29(13-17)24(31)20-10-16(8-9-21(20)25)11-22-18-6-4-5-7-19(18)23(30)28-27-22/h4-10,15,17,26H,3,11-14H2,1-2H3,(H,28,30). The van der Waals surface area contributed by atoms with E-state index in [1.165, 1.54) is 6.07 Å². The summed E-state index contributed by atoms with van der Waals surface area (Å²) in [7, 11) is 0. The first kappa shape index (κ1) is 22.1. The highest BCUT2D eigenvalue weighted by Gasteiger charge is 2.33. The van der Waals surface area contributed by atoms with Crippen LogP contribution in [0.4, 0.5) is 4.39 Å². The number of amides is 1. The van der Waals surface area contributed by atoms with E-state index in [1.807, 2.05) is 26.0 Å². The summed E-state index contributed by atoms with van der Waals surface area (Å²) < 4.78 is 19.9. The molecule has 0 bridgehead atoms. The van der Waals surface area contributed by atoms with Crippen LogP contribution in [0, 0.1) is 5.82 Å². The lowest BCUT2D eigenvalue weighted by atomic mass is 10.0. The second-order valence-corrected chi connectivity index (χ2v) is 8.17. The molecule has 1 atom stereocenters. The van der Waals surface area contributed by atoms with Gasteiger partial charge in [-0.25, -0.2) is 9.49 Å². The molecule has 1 unspecified atom stereocenters. The topological polar surface area (TPSA) is 87.3 Å². The third kappa shape index (κ3) is 4.71. The van der Waals surface area contributed by atoms with Crippen molar-refractivity contribution in [3.8, 4) is 0 Å². The first-order valence-electron chi connectivity index (χ1n) is 10.8. The Morgan fingerprint density at radius 3 is 2.78 bits per heavy atom. The summed E-state index contributed by atoms with van der Waals surface area (Å²) in [6.45, 7) is 6.34. The highest BCUT2D eigenvalue weighted by atomic mass is 19.1. The number of benzene rings is 2. The zero-order valence-electron chi connectivity index (χ0n) is 18.2. The molecular weight excluding hydrogens is 411 g/mol. The summed E-state index contributed by atoms with van der Waals surface area (Å²) in [5.74, 6) is -0.863. The van der Waals surface area contributed by atoms with Gasteiger partial charge in [0.2, 0.25) is 0 Å². The summed E-state index contributed by atoms with van der Waals surface area (Å²) in [5, 5.41) is 11.4. The number of halogens is 1. The van der Waals surface area contributed by atoms with Gasteiger partial charge in [0.25, 0.3) is 11.5 Å². The molecule has 2 heterocycles. The van der Waals surface area contributed by atoms with Gasteiger partial charge in [0.15, 0.2) is 0 Å². The number of carbonyl (C=O) groups is 1. The van der Waals surface area contributed by atoms with E-state index >= 15 is 0 Å². The van der Waals surface area contributed by atoms with Gasteiger partial charge in [-0.1, -0.05) is 24.3 Å². The van der Waals surface area contributed by atoms with E-state index in [0.29, 0.717) is 43.8 Å². The van der Waals surface area contributed by atoms with Crippen LogP contribution in [0.15, 0.2) is 47.3 Å². The molecule has 2 N–H and O–H groups in total. The van der Waals surface area contributed by atoms with Crippen molar-refractivity contribution in [2.75, 3.05) is 26.3 Å². The Balaban J connectivity index is 1.46. The Morgan fingerprint density at radius 1 is 1.28 bits per heavy atom. The van der Waals surface area contributed by atoms with Crippen molar-refractivity contribution in [3.05, 3.63) is 75.5 Å². The Morgan fingerprint density at radius 2 is 2.03 bits per heavy atom. The van der Waals surface area contributed by atoms with Crippen LogP contribution >= 0.6 is 0 Å². The van der Waals surface area contributed by atoms with E-state index in [9.17, 15) is 14.0 Å². The lowest BCUT2D eigenvalue weighted by Gasteiger charge is -2.41. The van der Waals surface area contributed by atoms with Gasteiger partial charge in [0.05, 0.1) is 23.3 Å². The number of fused-ring (bicyclic) bond motifs is 1. The molecule has 1 aliphatic rings. The molecule has 0 spiro atoms. The van der Waals surface area contributed by atoms with Crippen LogP contribution in [0.25, 0.3) is 10.8 Å². The van der Waals surface area contributed by atoms with Gasteiger partial charge in [-0.05, 0) is 37.6 Å². The van der Waals surface area contributed by atoms with Crippen molar-refractivity contribution in [2.24, 2.45) is 0 Å². The summed E-state index contributed by atoms with van der Waals surface area (Å²) in [6, 6.07) is 12.1. The number of nitrogens with zero attached hydrogens (tertiary/aromatic N) is 2. The second-order valence-electron chi connectivity index (χ2n) is 8.17. The van der Waals surface area contributed by atoms with Gasteiger partial charge < -0.3 is 15.0 Å². The lowest BCUT2D eigenvalue weighted by molar-refractivity contribution is 0.0512. The van der Waals surface area contributed by atoms with E-state index in [4.69, 9.17) is 4.74 Å². The number of ether oxygens (including phenoxy) is 1. The van der Waals surface area contributed by atoms with Crippen molar-refractivity contribution < 1.29 is 13.9 Å². The van der Waals surface area contributed by atoms with Gasteiger partial charge in [-0.2, -0.15) is 5.10 Å².